The van der Waals surface area contributed by atoms with Gasteiger partial charge in [-0.05, 0) is 74.1 Å². The lowest BCUT2D eigenvalue weighted by atomic mass is 9.88. The maximum atomic E-state index is 11.9. The fourth-order valence-corrected chi connectivity index (χ4v) is 3.98. The smallest absolute Gasteiger partial charge is 0.410 e. The number of aliphatic carboxylic acids is 1. The molecule has 0 aromatic heterocycles. The van der Waals surface area contributed by atoms with E-state index in [9.17, 15) is 29.4 Å². The van der Waals surface area contributed by atoms with Gasteiger partial charge >= 0.3 is 24.1 Å². The number of carboxylic acid groups (broad SMARTS) is 1. The molecule has 3 N–H and O–H groups in total. The van der Waals surface area contributed by atoms with Crippen molar-refractivity contribution in [2.24, 2.45) is 0 Å². The molecular weight excluding hydrogens is 500 g/mol. The van der Waals surface area contributed by atoms with Crippen LogP contribution >= 0.6 is 0 Å². The van der Waals surface area contributed by atoms with Gasteiger partial charge in [-0.1, -0.05) is 0 Å². The Morgan fingerprint density at radius 1 is 0.711 bits per heavy atom. The number of rotatable bonds is 5. The maximum absolute atomic E-state index is 11.9. The molecule has 2 amide bonds. The summed E-state index contributed by atoms with van der Waals surface area (Å²) in [6.45, 7) is 14.2. The fraction of sp³-hybridized carbons (Fsp3) is 0.846. The lowest BCUT2D eigenvalue weighted by Gasteiger charge is -2.38. The number of carbonyl (C=O) groups is 4. The van der Waals surface area contributed by atoms with Crippen LogP contribution < -0.4 is 0 Å². The normalized spacial score (nSPS) is 19.0. The number of ether oxygens (including phenoxy) is 3. The molecule has 2 saturated heterocycles. The Kier molecular flexibility index (Phi) is 11.8. The van der Waals surface area contributed by atoms with E-state index in [1.807, 2.05) is 20.8 Å². The Morgan fingerprint density at radius 3 is 1.34 bits per heavy atom. The van der Waals surface area contributed by atoms with E-state index in [4.69, 9.17) is 19.3 Å². The Balaban J connectivity index is 0.000000382. The highest BCUT2D eigenvalue weighted by molar-refractivity contribution is 5.71. The van der Waals surface area contributed by atoms with Crippen LogP contribution in [0.2, 0.25) is 0 Å². The first kappa shape index (κ1) is 33.4. The molecular formula is C26H46N2O10. The van der Waals surface area contributed by atoms with Crippen LogP contribution in [0.1, 0.15) is 87.0 Å². The average molecular weight is 547 g/mol. The Morgan fingerprint density at radius 2 is 1.05 bits per heavy atom. The van der Waals surface area contributed by atoms with E-state index in [1.54, 1.807) is 32.6 Å². The molecule has 0 radical (unpaired) electrons. The summed E-state index contributed by atoms with van der Waals surface area (Å²) in [7, 11) is 0. The number of esters is 1. The van der Waals surface area contributed by atoms with Gasteiger partial charge in [0.25, 0.3) is 0 Å². The maximum Gasteiger partial charge on any atom is 0.410 e. The van der Waals surface area contributed by atoms with E-state index < -0.39 is 40.4 Å². The molecule has 0 saturated carbocycles. The first-order valence-corrected chi connectivity index (χ1v) is 13.0. The van der Waals surface area contributed by atoms with E-state index in [2.05, 4.69) is 0 Å². The van der Waals surface area contributed by atoms with Crippen LogP contribution in [0.25, 0.3) is 0 Å². The van der Waals surface area contributed by atoms with Crippen molar-refractivity contribution in [2.75, 3.05) is 32.8 Å². The van der Waals surface area contributed by atoms with Crippen molar-refractivity contribution in [1.29, 1.82) is 0 Å². The molecule has 2 aliphatic heterocycles. The second kappa shape index (κ2) is 13.5. The van der Waals surface area contributed by atoms with E-state index in [0.717, 1.165) is 0 Å². The van der Waals surface area contributed by atoms with Crippen molar-refractivity contribution in [2.45, 2.75) is 109 Å². The Hall–Kier alpha value is -2.60. The zero-order valence-electron chi connectivity index (χ0n) is 23.9. The van der Waals surface area contributed by atoms with Crippen molar-refractivity contribution >= 4 is 24.1 Å². The fourth-order valence-electron chi connectivity index (χ4n) is 3.98. The van der Waals surface area contributed by atoms with Crippen LogP contribution in [0.4, 0.5) is 9.59 Å². The van der Waals surface area contributed by atoms with Crippen LogP contribution in [0, 0.1) is 0 Å². The van der Waals surface area contributed by atoms with Crippen molar-refractivity contribution < 1.29 is 48.7 Å². The molecule has 2 heterocycles. The number of hydrogen-bond donors (Lipinski definition) is 3. The SMILES string of the molecule is CC(C)(C)OC(=O)N1CCC(O)(CC(=O)O)CC1.CCOC(=O)CC1(O)CCN(C(=O)OC(C)(C)C)CC1. The second-order valence-electron chi connectivity index (χ2n) is 11.9. The first-order valence-electron chi connectivity index (χ1n) is 13.0. The van der Waals surface area contributed by atoms with Gasteiger partial charge in [0, 0.05) is 26.2 Å². The summed E-state index contributed by atoms with van der Waals surface area (Å²) in [4.78, 5) is 48.7. The summed E-state index contributed by atoms with van der Waals surface area (Å²) >= 11 is 0. The van der Waals surface area contributed by atoms with Gasteiger partial charge in [-0.15, -0.1) is 0 Å². The molecule has 0 unspecified atom stereocenters. The summed E-state index contributed by atoms with van der Waals surface area (Å²) in [6, 6.07) is 0. The number of carboxylic acids is 1. The van der Waals surface area contributed by atoms with Crippen LogP contribution in [0.5, 0.6) is 0 Å². The van der Waals surface area contributed by atoms with Crippen LogP contribution in [-0.4, -0.2) is 104 Å². The van der Waals surface area contributed by atoms with E-state index in [-0.39, 0.29) is 31.8 Å². The molecule has 12 nitrogen and oxygen atoms in total. The predicted octanol–water partition coefficient (Wildman–Crippen LogP) is 2.92. The number of hydrogen-bond acceptors (Lipinski definition) is 9. The van der Waals surface area contributed by atoms with Crippen molar-refractivity contribution in [3.05, 3.63) is 0 Å². The van der Waals surface area contributed by atoms with E-state index >= 15 is 0 Å². The second-order valence-corrected chi connectivity index (χ2v) is 11.9. The summed E-state index contributed by atoms with van der Waals surface area (Å²) < 4.78 is 15.3. The lowest BCUT2D eigenvalue weighted by Crippen LogP contribution is -2.49. The monoisotopic (exact) mass is 546 g/mol. The Labute approximate surface area is 225 Å². The molecule has 0 aliphatic carbocycles. The standard InChI is InChI=1S/C14H25NO5.C12H21NO5/c1-5-19-11(16)10-14(18)6-8-15(9-7-14)12(17)20-13(2,3)4;1-11(2,3)18-10(16)13-6-4-12(17,5-7-13)8-9(14)15/h18H,5-10H2,1-4H3;17H,4-8H2,1-3H3,(H,14,15). The number of carbonyl (C=O) groups excluding carboxylic acids is 3. The summed E-state index contributed by atoms with van der Waals surface area (Å²) in [5.41, 5.74) is -3.36. The van der Waals surface area contributed by atoms with Crippen molar-refractivity contribution in [3.63, 3.8) is 0 Å². The van der Waals surface area contributed by atoms with Crippen molar-refractivity contribution in [1.82, 2.24) is 9.80 Å². The molecule has 2 aliphatic rings. The third kappa shape index (κ3) is 12.8. The van der Waals surface area contributed by atoms with E-state index in [1.165, 1.54) is 4.90 Å². The molecule has 0 bridgehead atoms. The quantitative estimate of drug-likeness (QED) is 0.345. The highest BCUT2D eigenvalue weighted by atomic mass is 16.6. The van der Waals surface area contributed by atoms with Crippen molar-refractivity contribution in [3.8, 4) is 0 Å². The highest BCUT2D eigenvalue weighted by Crippen LogP contribution is 2.28. The highest BCUT2D eigenvalue weighted by Gasteiger charge is 2.38. The van der Waals surface area contributed by atoms with Gasteiger partial charge in [-0.25, -0.2) is 9.59 Å². The number of amides is 2. The number of aliphatic hydroxyl groups is 2. The van der Waals surface area contributed by atoms with Gasteiger partial charge in [-0.3, -0.25) is 9.59 Å². The molecule has 2 rings (SSSR count). The zero-order valence-corrected chi connectivity index (χ0v) is 23.9. The third-order valence-corrected chi connectivity index (χ3v) is 5.95. The third-order valence-electron chi connectivity index (χ3n) is 5.95. The van der Waals surface area contributed by atoms with E-state index in [0.29, 0.717) is 45.6 Å². The molecule has 12 heteroatoms. The predicted molar refractivity (Wildman–Crippen MR) is 137 cm³/mol. The summed E-state index contributed by atoms with van der Waals surface area (Å²) in [6.07, 6.45) is 0.126. The van der Waals surface area contributed by atoms with Crippen LogP contribution in [0.15, 0.2) is 0 Å². The number of nitrogens with zero attached hydrogens (tertiary/aromatic N) is 2. The first-order chi connectivity index (χ1) is 17.3. The average Bonchev–Trinajstić information content (AvgIpc) is 2.71. The summed E-state index contributed by atoms with van der Waals surface area (Å²) in [5.74, 6) is -1.43. The van der Waals surface area contributed by atoms with Gasteiger partial charge in [-0.2, -0.15) is 0 Å². The molecule has 0 aromatic carbocycles. The van der Waals surface area contributed by atoms with Gasteiger partial charge < -0.3 is 39.3 Å². The van der Waals surface area contributed by atoms with Gasteiger partial charge in [0.1, 0.15) is 11.2 Å². The minimum absolute atomic E-state index is 0.0248. The molecule has 2 fully saturated rings. The molecule has 220 valence electrons. The number of likely N-dealkylation sites (tertiary alicyclic amines) is 2. The zero-order chi connectivity index (χ0) is 29.4. The van der Waals surface area contributed by atoms with Gasteiger partial charge in [0.05, 0.1) is 30.7 Å². The van der Waals surface area contributed by atoms with Crippen LogP contribution in [-0.2, 0) is 23.8 Å². The lowest BCUT2D eigenvalue weighted by molar-refractivity contribution is -0.150. The van der Waals surface area contributed by atoms with Gasteiger partial charge in [0.2, 0.25) is 0 Å². The molecule has 0 aromatic rings. The molecule has 0 atom stereocenters. The molecule has 38 heavy (non-hydrogen) atoms. The minimum Gasteiger partial charge on any atom is -0.481 e. The molecule has 0 spiro atoms. The minimum atomic E-state index is -1.20. The topological polar surface area (TPSA) is 163 Å². The van der Waals surface area contributed by atoms with Crippen LogP contribution in [0.3, 0.4) is 0 Å². The summed E-state index contributed by atoms with van der Waals surface area (Å²) in [5, 5.41) is 29.0. The Bertz CT molecular complexity index is 815. The number of piperidine rings is 2. The largest absolute Gasteiger partial charge is 0.481 e. The van der Waals surface area contributed by atoms with Gasteiger partial charge in [0.15, 0.2) is 0 Å².